The van der Waals surface area contributed by atoms with Crippen LogP contribution in [0.1, 0.15) is 18.2 Å². The highest BCUT2D eigenvalue weighted by atomic mass is 16.6. The van der Waals surface area contributed by atoms with Crippen LogP contribution in [-0.4, -0.2) is 14.5 Å². The molecule has 2 aromatic rings. The first-order valence-corrected chi connectivity index (χ1v) is 5.65. The van der Waals surface area contributed by atoms with Crippen molar-refractivity contribution in [2.24, 2.45) is 0 Å². The monoisotopic (exact) mass is 243 g/mol. The lowest BCUT2D eigenvalue weighted by atomic mass is 10.2. The van der Waals surface area contributed by atoms with Gasteiger partial charge in [0.2, 0.25) is 0 Å². The average molecular weight is 243 g/mol. The van der Waals surface area contributed by atoms with E-state index in [-0.39, 0.29) is 5.95 Å². The summed E-state index contributed by atoms with van der Waals surface area (Å²) in [6.07, 6.45) is 5.26. The summed E-state index contributed by atoms with van der Waals surface area (Å²) < 4.78 is 1.57. The minimum absolute atomic E-state index is 0.120. The molecule has 0 radical (unpaired) electrons. The molecule has 0 aliphatic heterocycles. The second-order valence-corrected chi connectivity index (χ2v) is 3.73. The fourth-order valence-corrected chi connectivity index (χ4v) is 1.73. The third-order valence-corrected chi connectivity index (χ3v) is 2.59. The van der Waals surface area contributed by atoms with E-state index >= 15 is 0 Å². The van der Waals surface area contributed by atoms with Crippen LogP contribution in [0.15, 0.2) is 36.5 Å². The van der Waals surface area contributed by atoms with Gasteiger partial charge in [0.25, 0.3) is 0 Å². The van der Waals surface area contributed by atoms with Crippen molar-refractivity contribution in [2.45, 2.75) is 13.5 Å². The summed E-state index contributed by atoms with van der Waals surface area (Å²) in [5, 5.41) is 10.8. The van der Waals surface area contributed by atoms with Crippen molar-refractivity contribution in [3.8, 4) is 0 Å². The number of nitro groups is 1. The Kier molecular flexibility index (Phi) is 3.52. The van der Waals surface area contributed by atoms with Crippen LogP contribution in [0.2, 0.25) is 0 Å². The SMILES string of the molecule is CCn1c(C=Cc2ccccc2)cnc1[N+](=O)[O-]. The van der Waals surface area contributed by atoms with Gasteiger partial charge in [0.05, 0.1) is 6.54 Å². The summed E-state index contributed by atoms with van der Waals surface area (Å²) in [6.45, 7) is 2.37. The van der Waals surface area contributed by atoms with E-state index in [1.54, 1.807) is 4.57 Å². The average Bonchev–Trinajstić information content (AvgIpc) is 2.80. The van der Waals surface area contributed by atoms with Crippen LogP contribution >= 0.6 is 0 Å². The number of hydrogen-bond acceptors (Lipinski definition) is 3. The first-order chi connectivity index (χ1) is 8.72. The third kappa shape index (κ3) is 2.45. The molecule has 0 aliphatic rings. The maximum Gasteiger partial charge on any atom is 0.435 e. The highest BCUT2D eigenvalue weighted by Crippen LogP contribution is 2.15. The zero-order valence-electron chi connectivity index (χ0n) is 9.98. The number of rotatable bonds is 4. The molecular formula is C13H13N3O2. The van der Waals surface area contributed by atoms with Gasteiger partial charge in [0.1, 0.15) is 11.9 Å². The number of nitrogens with zero attached hydrogens (tertiary/aromatic N) is 3. The molecule has 0 spiro atoms. The van der Waals surface area contributed by atoms with Crippen molar-refractivity contribution in [3.05, 3.63) is 57.9 Å². The molecule has 0 N–H and O–H groups in total. The molecule has 1 aromatic carbocycles. The molecule has 1 aromatic heterocycles. The number of imidazole rings is 1. The fourth-order valence-electron chi connectivity index (χ4n) is 1.73. The molecule has 0 saturated heterocycles. The maximum absolute atomic E-state index is 10.8. The predicted molar refractivity (Wildman–Crippen MR) is 69.9 cm³/mol. The van der Waals surface area contributed by atoms with E-state index in [1.807, 2.05) is 49.4 Å². The maximum atomic E-state index is 10.8. The van der Waals surface area contributed by atoms with Gasteiger partial charge in [0, 0.05) is 0 Å². The molecule has 1 heterocycles. The molecule has 0 atom stereocenters. The van der Waals surface area contributed by atoms with Crippen LogP contribution in [0.4, 0.5) is 5.95 Å². The highest BCUT2D eigenvalue weighted by molar-refractivity contribution is 5.68. The molecule has 0 aliphatic carbocycles. The van der Waals surface area contributed by atoms with Gasteiger partial charge < -0.3 is 10.1 Å². The van der Waals surface area contributed by atoms with E-state index in [1.165, 1.54) is 6.20 Å². The molecule has 0 amide bonds. The molecule has 0 bridgehead atoms. The molecule has 0 saturated carbocycles. The summed E-state index contributed by atoms with van der Waals surface area (Å²) >= 11 is 0. The summed E-state index contributed by atoms with van der Waals surface area (Å²) in [6, 6.07) is 9.77. The van der Waals surface area contributed by atoms with E-state index in [9.17, 15) is 10.1 Å². The van der Waals surface area contributed by atoms with Gasteiger partial charge in [-0.2, -0.15) is 0 Å². The van der Waals surface area contributed by atoms with Crippen molar-refractivity contribution in [2.75, 3.05) is 0 Å². The molecule has 18 heavy (non-hydrogen) atoms. The van der Waals surface area contributed by atoms with E-state index in [0.29, 0.717) is 6.54 Å². The molecule has 0 fully saturated rings. The van der Waals surface area contributed by atoms with E-state index in [4.69, 9.17) is 0 Å². The van der Waals surface area contributed by atoms with Crippen molar-refractivity contribution in [1.29, 1.82) is 0 Å². The van der Waals surface area contributed by atoms with Crippen molar-refractivity contribution in [1.82, 2.24) is 9.55 Å². The quantitative estimate of drug-likeness (QED) is 0.612. The first-order valence-electron chi connectivity index (χ1n) is 5.65. The minimum atomic E-state index is -0.469. The molecule has 92 valence electrons. The Labute approximate surface area is 105 Å². The second-order valence-electron chi connectivity index (χ2n) is 3.73. The summed E-state index contributed by atoms with van der Waals surface area (Å²) in [5.41, 5.74) is 1.78. The van der Waals surface area contributed by atoms with Gasteiger partial charge in [-0.05, 0) is 23.5 Å². The van der Waals surface area contributed by atoms with Crippen LogP contribution in [0.5, 0.6) is 0 Å². The van der Waals surface area contributed by atoms with Gasteiger partial charge in [-0.3, -0.25) is 0 Å². The normalized spacial score (nSPS) is 10.9. The predicted octanol–water partition coefficient (Wildman–Crippen LogP) is 2.98. The Morgan fingerprint density at radius 1 is 1.33 bits per heavy atom. The van der Waals surface area contributed by atoms with Gasteiger partial charge in [0.15, 0.2) is 0 Å². The van der Waals surface area contributed by atoms with E-state index in [0.717, 1.165) is 11.3 Å². The molecular weight excluding hydrogens is 230 g/mol. The van der Waals surface area contributed by atoms with Crippen molar-refractivity contribution in [3.63, 3.8) is 0 Å². The van der Waals surface area contributed by atoms with Gasteiger partial charge in [-0.15, -0.1) is 0 Å². The highest BCUT2D eigenvalue weighted by Gasteiger charge is 2.17. The van der Waals surface area contributed by atoms with Crippen LogP contribution in [-0.2, 0) is 6.54 Å². The van der Waals surface area contributed by atoms with Crippen LogP contribution in [0.25, 0.3) is 12.2 Å². The van der Waals surface area contributed by atoms with Gasteiger partial charge in [-0.1, -0.05) is 41.4 Å². The lowest BCUT2D eigenvalue weighted by Gasteiger charge is -1.99. The standard InChI is InChI=1S/C13H13N3O2/c1-2-15-12(10-14-13(15)16(17)18)9-8-11-6-4-3-5-7-11/h3-10H,2H2,1H3. The Morgan fingerprint density at radius 3 is 2.67 bits per heavy atom. The number of benzene rings is 1. The van der Waals surface area contributed by atoms with Gasteiger partial charge >= 0.3 is 5.95 Å². The summed E-state index contributed by atoms with van der Waals surface area (Å²) in [5.74, 6) is -0.120. The smallest absolute Gasteiger partial charge is 0.390 e. The van der Waals surface area contributed by atoms with E-state index < -0.39 is 4.92 Å². The topological polar surface area (TPSA) is 61.0 Å². The Morgan fingerprint density at radius 2 is 2.06 bits per heavy atom. The largest absolute Gasteiger partial charge is 0.435 e. The second kappa shape index (κ2) is 5.27. The molecule has 5 heteroatoms. The summed E-state index contributed by atoms with van der Waals surface area (Å²) in [7, 11) is 0. The summed E-state index contributed by atoms with van der Waals surface area (Å²) in [4.78, 5) is 14.1. The molecule has 0 unspecified atom stereocenters. The number of hydrogen-bond donors (Lipinski definition) is 0. The Hall–Kier alpha value is -2.43. The minimum Gasteiger partial charge on any atom is -0.390 e. The van der Waals surface area contributed by atoms with Crippen molar-refractivity contribution >= 4 is 18.1 Å². The lowest BCUT2D eigenvalue weighted by molar-refractivity contribution is -0.396. The van der Waals surface area contributed by atoms with Crippen LogP contribution < -0.4 is 0 Å². The third-order valence-electron chi connectivity index (χ3n) is 2.59. The zero-order valence-corrected chi connectivity index (χ0v) is 9.98. The molecule has 2 rings (SSSR count). The van der Waals surface area contributed by atoms with Crippen molar-refractivity contribution < 1.29 is 4.92 Å². The van der Waals surface area contributed by atoms with Crippen LogP contribution in [0, 0.1) is 10.1 Å². The number of aromatic nitrogens is 2. The van der Waals surface area contributed by atoms with Gasteiger partial charge in [-0.25, -0.2) is 4.57 Å². The van der Waals surface area contributed by atoms with E-state index in [2.05, 4.69) is 4.98 Å². The zero-order chi connectivity index (χ0) is 13.0. The first kappa shape index (κ1) is 12.0. The Bertz CT molecular complexity index is 573. The van der Waals surface area contributed by atoms with Crippen LogP contribution in [0.3, 0.4) is 0 Å². The lowest BCUT2D eigenvalue weighted by Crippen LogP contribution is -2.03. The fraction of sp³-hybridized carbons (Fsp3) is 0.154. The molecule has 5 nitrogen and oxygen atoms in total. The Balaban J connectivity index is 2.30.